The molecule has 0 aromatic heterocycles. The largest absolute Gasteiger partial charge is 0.378 e. The molecule has 20 heavy (non-hydrogen) atoms. The molecule has 2 N–H and O–H groups in total. The fourth-order valence-electron chi connectivity index (χ4n) is 3.37. The first kappa shape index (κ1) is 16.0. The highest BCUT2D eigenvalue weighted by Crippen LogP contribution is 2.57. The third-order valence-corrected chi connectivity index (χ3v) is 5.25. The number of hydrogen-bond donors (Lipinski definition) is 2. The van der Waals surface area contributed by atoms with Gasteiger partial charge in [0, 0.05) is 30.4 Å². The normalized spacial score (nSPS) is 27.9. The molecule has 4 nitrogen and oxygen atoms in total. The third kappa shape index (κ3) is 3.25. The predicted molar refractivity (Wildman–Crippen MR) is 87.6 cm³/mol. The summed E-state index contributed by atoms with van der Waals surface area (Å²) < 4.78 is 5.90. The van der Waals surface area contributed by atoms with Crippen LogP contribution in [0.2, 0.25) is 0 Å². The molecular formula is C15H29N3OS. The van der Waals surface area contributed by atoms with Crippen LogP contribution in [0.4, 0.5) is 0 Å². The van der Waals surface area contributed by atoms with E-state index in [2.05, 4.69) is 35.7 Å². The van der Waals surface area contributed by atoms with E-state index >= 15 is 0 Å². The number of thioether (sulfide) groups is 1. The van der Waals surface area contributed by atoms with E-state index in [0.717, 1.165) is 37.8 Å². The van der Waals surface area contributed by atoms with Crippen molar-refractivity contribution in [2.75, 3.05) is 31.7 Å². The summed E-state index contributed by atoms with van der Waals surface area (Å²) in [5.74, 6) is 2.06. The topological polar surface area (TPSA) is 45.7 Å². The first-order valence-electron chi connectivity index (χ1n) is 7.92. The molecule has 2 fully saturated rings. The second-order valence-electron chi connectivity index (χ2n) is 5.72. The Labute approximate surface area is 127 Å². The molecule has 0 aromatic carbocycles. The Balaban J connectivity index is 1.89. The first-order valence-corrected chi connectivity index (χ1v) is 9.31. The lowest BCUT2D eigenvalue weighted by molar-refractivity contribution is -0.168. The molecule has 116 valence electrons. The van der Waals surface area contributed by atoms with Gasteiger partial charge in [0.25, 0.3) is 0 Å². The van der Waals surface area contributed by atoms with Gasteiger partial charge in [-0.15, -0.1) is 0 Å². The number of ether oxygens (including phenoxy) is 1. The van der Waals surface area contributed by atoms with Crippen LogP contribution in [0, 0.1) is 5.41 Å². The summed E-state index contributed by atoms with van der Waals surface area (Å²) in [6, 6.07) is 0.542. The second kappa shape index (κ2) is 7.55. The molecule has 2 unspecified atom stereocenters. The highest BCUT2D eigenvalue weighted by atomic mass is 32.2. The highest BCUT2D eigenvalue weighted by molar-refractivity contribution is 7.98. The van der Waals surface area contributed by atoms with Crippen molar-refractivity contribution in [3.8, 4) is 0 Å². The van der Waals surface area contributed by atoms with E-state index in [0.29, 0.717) is 17.6 Å². The van der Waals surface area contributed by atoms with Crippen molar-refractivity contribution in [3.63, 3.8) is 0 Å². The second-order valence-corrected chi connectivity index (χ2v) is 6.70. The molecule has 0 heterocycles. The zero-order valence-electron chi connectivity index (χ0n) is 13.1. The molecule has 0 radical (unpaired) electrons. The molecule has 0 saturated heterocycles. The molecule has 0 aromatic rings. The SMILES string of the molecule is CCNC(=NCCSC)NC1CC(OCC)C12CCC2. The minimum Gasteiger partial charge on any atom is -0.378 e. The van der Waals surface area contributed by atoms with Gasteiger partial charge >= 0.3 is 0 Å². The number of aliphatic imine (C=N–C) groups is 1. The quantitative estimate of drug-likeness (QED) is 0.430. The smallest absolute Gasteiger partial charge is 0.191 e. The Bertz CT molecular complexity index is 331. The van der Waals surface area contributed by atoms with E-state index in [1.807, 2.05) is 11.8 Å². The van der Waals surface area contributed by atoms with E-state index in [-0.39, 0.29) is 0 Å². The monoisotopic (exact) mass is 299 g/mol. The number of guanidine groups is 1. The lowest BCUT2D eigenvalue weighted by Gasteiger charge is -2.61. The van der Waals surface area contributed by atoms with E-state index in [9.17, 15) is 0 Å². The Morgan fingerprint density at radius 2 is 2.20 bits per heavy atom. The van der Waals surface area contributed by atoms with Gasteiger partial charge in [-0.2, -0.15) is 11.8 Å². The van der Waals surface area contributed by atoms with E-state index < -0.39 is 0 Å². The summed E-state index contributed by atoms with van der Waals surface area (Å²) in [4.78, 5) is 4.65. The van der Waals surface area contributed by atoms with Crippen LogP contribution in [0.3, 0.4) is 0 Å². The van der Waals surface area contributed by atoms with Crippen LogP contribution in [0.5, 0.6) is 0 Å². The Hall–Kier alpha value is -0.420. The Kier molecular flexibility index (Phi) is 6.02. The van der Waals surface area contributed by atoms with Crippen molar-refractivity contribution in [2.24, 2.45) is 10.4 Å². The van der Waals surface area contributed by atoms with Crippen LogP contribution in [-0.2, 0) is 4.74 Å². The predicted octanol–water partition coefficient (Wildman–Crippen LogP) is 2.25. The number of nitrogens with one attached hydrogen (secondary N) is 2. The zero-order chi connectivity index (χ0) is 14.4. The fourth-order valence-corrected chi connectivity index (χ4v) is 3.65. The maximum atomic E-state index is 5.90. The molecule has 1 spiro atoms. The van der Waals surface area contributed by atoms with Gasteiger partial charge in [0.05, 0.1) is 12.6 Å². The summed E-state index contributed by atoms with van der Waals surface area (Å²) >= 11 is 1.84. The van der Waals surface area contributed by atoms with E-state index in [1.165, 1.54) is 19.3 Å². The van der Waals surface area contributed by atoms with Crippen molar-refractivity contribution in [3.05, 3.63) is 0 Å². The minimum atomic E-state index is 0.395. The maximum absolute atomic E-state index is 5.90. The fraction of sp³-hybridized carbons (Fsp3) is 0.933. The molecule has 0 aliphatic heterocycles. The van der Waals surface area contributed by atoms with Crippen LogP contribution in [0.25, 0.3) is 0 Å². The Morgan fingerprint density at radius 3 is 2.75 bits per heavy atom. The van der Waals surface area contributed by atoms with E-state index in [1.54, 1.807) is 0 Å². The number of nitrogens with zero attached hydrogens (tertiary/aromatic N) is 1. The number of rotatable bonds is 7. The van der Waals surface area contributed by atoms with Crippen molar-refractivity contribution < 1.29 is 4.74 Å². The highest BCUT2D eigenvalue weighted by Gasteiger charge is 2.59. The van der Waals surface area contributed by atoms with E-state index in [4.69, 9.17) is 4.74 Å². The number of hydrogen-bond acceptors (Lipinski definition) is 3. The maximum Gasteiger partial charge on any atom is 0.191 e. The van der Waals surface area contributed by atoms with Gasteiger partial charge in [0.1, 0.15) is 0 Å². The van der Waals surface area contributed by atoms with Gasteiger partial charge in [-0.3, -0.25) is 4.99 Å². The van der Waals surface area contributed by atoms with Crippen LogP contribution in [0.1, 0.15) is 39.5 Å². The molecule has 2 aliphatic rings. The summed E-state index contributed by atoms with van der Waals surface area (Å²) in [5.41, 5.74) is 0.395. The summed E-state index contributed by atoms with van der Waals surface area (Å²) in [7, 11) is 0. The molecule has 2 rings (SSSR count). The molecule has 0 bridgehead atoms. The summed E-state index contributed by atoms with van der Waals surface area (Å²) in [5, 5.41) is 7.01. The summed E-state index contributed by atoms with van der Waals surface area (Å²) in [6.07, 6.45) is 7.67. The van der Waals surface area contributed by atoms with Gasteiger partial charge in [-0.25, -0.2) is 0 Å². The average Bonchev–Trinajstić information content (AvgIpc) is 2.35. The van der Waals surface area contributed by atoms with Crippen molar-refractivity contribution >= 4 is 17.7 Å². The molecule has 2 atom stereocenters. The van der Waals surface area contributed by atoms with Crippen LogP contribution in [-0.4, -0.2) is 49.8 Å². The third-order valence-electron chi connectivity index (χ3n) is 4.66. The molecule has 2 aliphatic carbocycles. The average molecular weight is 299 g/mol. The van der Waals surface area contributed by atoms with Crippen LogP contribution >= 0.6 is 11.8 Å². The van der Waals surface area contributed by atoms with Crippen LogP contribution < -0.4 is 10.6 Å². The zero-order valence-corrected chi connectivity index (χ0v) is 13.9. The lowest BCUT2D eigenvalue weighted by Crippen LogP contribution is -2.68. The van der Waals surface area contributed by atoms with Gasteiger partial charge in [-0.05, 0) is 39.4 Å². The van der Waals surface area contributed by atoms with Gasteiger partial charge in [-0.1, -0.05) is 6.42 Å². The van der Waals surface area contributed by atoms with Crippen LogP contribution in [0.15, 0.2) is 4.99 Å². The van der Waals surface area contributed by atoms with Crippen molar-refractivity contribution in [2.45, 2.75) is 51.7 Å². The first-order chi connectivity index (χ1) is 9.76. The molecule has 5 heteroatoms. The lowest BCUT2D eigenvalue weighted by atomic mass is 9.51. The Morgan fingerprint density at radius 1 is 1.40 bits per heavy atom. The molecule has 2 saturated carbocycles. The van der Waals surface area contributed by atoms with Crippen molar-refractivity contribution in [1.29, 1.82) is 0 Å². The molecule has 0 amide bonds. The minimum absolute atomic E-state index is 0.395. The van der Waals surface area contributed by atoms with Gasteiger partial charge < -0.3 is 15.4 Å². The molecular weight excluding hydrogens is 270 g/mol. The standard InChI is InChI=1S/C15H29N3OS/c1-4-16-14(17-9-10-20-3)18-12-11-13(19-5-2)15(12)7-6-8-15/h12-13H,4-11H2,1-3H3,(H2,16,17,18). The van der Waals surface area contributed by atoms with Gasteiger partial charge in [0.15, 0.2) is 5.96 Å². The summed E-state index contributed by atoms with van der Waals surface area (Å²) in [6.45, 7) is 6.85. The van der Waals surface area contributed by atoms with Crippen molar-refractivity contribution in [1.82, 2.24) is 10.6 Å². The van der Waals surface area contributed by atoms with Gasteiger partial charge in [0.2, 0.25) is 0 Å².